The first-order valence-electron chi connectivity index (χ1n) is 5.54. The molecule has 1 aromatic carbocycles. The summed E-state index contributed by atoms with van der Waals surface area (Å²) in [6.45, 7) is 8.42. The molecule has 0 bridgehead atoms. The van der Waals surface area contributed by atoms with Crippen LogP contribution in [-0.2, 0) is 0 Å². The van der Waals surface area contributed by atoms with Gasteiger partial charge in [0.05, 0.1) is 0 Å². The molecule has 0 radical (unpaired) electrons. The average Bonchev–Trinajstić information content (AvgIpc) is 2.02. The molecule has 82 valence electrons. The van der Waals surface area contributed by atoms with Crippen LogP contribution in [0.3, 0.4) is 0 Å². The van der Waals surface area contributed by atoms with Crippen LogP contribution in [0, 0.1) is 0 Å². The molecule has 1 aromatic rings. The zero-order valence-corrected chi connectivity index (χ0v) is 9.71. The molecule has 0 unspecified atom stereocenters. The Labute approximate surface area is 91.6 Å². The molecule has 0 atom stereocenters. The summed E-state index contributed by atoms with van der Waals surface area (Å²) in [5.41, 5.74) is 1.30. The highest BCUT2D eigenvalue weighted by Crippen LogP contribution is 2.24. The van der Waals surface area contributed by atoms with Crippen LogP contribution < -0.4 is 10.1 Å². The minimum Gasteiger partial charge on any atom is -0.488 e. The average molecular weight is 205 g/mol. The molecule has 2 rings (SSSR count). The molecule has 0 aliphatic carbocycles. The van der Waals surface area contributed by atoms with Crippen molar-refractivity contribution in [3.05, 3.63) is 29.8 Å². The van der Waals surface area contributed by atoms with Gasteiger partial charge in [0.2, 0.25) is 0 Å². The Morgan fingerprint density at radius 2 is 1.73 bits per heavy atom. The van der Waals surface area contributed by atoms with Gasteiger partial charge in [-0.2, -0.15) is 0 Å². The first-order chi connectivity index (χ1) is 7.04. The predicted molar refractivity (Wildman–Crippen MR) is 62.4 cm³/mol. The van der Waals surface area contributed by atoms with Crippen molar-refractivity contribution < 1.29 is 4.74 Å². The predicted octanol–water partition coefficient (Wildman–Crippen LogP) is 2.55. The normalized spacial score (nSPS) is 17.3. The molecular formula is C13H19NO. The third-order valence-corrected chi connectivity index (χ3v) is 2.56. The summed E-state index contributed by atoms with van der Waals surface area (Å²) in [5.74, 6) is 1.66. The van der Waals surface area contributed by atoms with E-state index < -0.39 is 0 Å². The van der Waals surface area contributed by atoms with Crippen LogP contribution in [0.1, 0.15) is 32.3 Å². The van der Waals surface area contributed by atoms with Gasteiger partial charge < -0.3 is 10.1 Å². The maximum Gasteiger partial charge on any atom is 0.120 e. The van der Waals surface area contributed by atoms with Gasteiger partial charge in [-0.3, -0.25) is 0 Å². The standard InChI is InChI=1S/C13H19NO/c1-13(2,3)15-12-6-4-10(5-7-12)11-8-14-9-11/h4-7,11,14H,8-9H2,1-3H3. The second-order valence-electron chi connectivity index (χ2n) is 5.14. The number of nitrogens with one attached hydrogen (secondary N) is 1. The van der Waals surface area contributed by atoms with E-state index in [0.717, 1.165) is 18.8 Å². The molecule has 1 heterocycles. The van der Waals surface area contributed by atoms with Crippen molar-refractivity contribution in [2.75, 3.05) is 13.1 Å². The zero-order chi connectivity index (χ0) is 10.9. The van der Waals surface area contributed by atoms with Crippen LogP contribution in [-0.4, -0.2) is 18.7 Å². The van der Waals surface area contributed by atoms with Gasteiger partial charge in [-0.1, -0.05) is 12.1 Å². The summed E-state index contributed by atoms with van der Waals surface area (Å²) in [7, 11) is 0. The Hall–Kier alpha value is -1.02. The van der Waals surface area contributed by atoms with Crippen molar-refractivity contribution in [1.82, 2.24) is 5.32 Å². The van der Waals surface area contributed by atoms with E-state index in [1.54, 1.807) is 0 Å². The van der Waals surface area contributed by atoms with Gasteiger partial charge in [-0.25, -0.2) is 0 Å². The minimum atomic E-state index is -0.112. The second kappa shape index (κ2) is 3.86. The van der Waals surface area contributed by atoms with Gasteiger partial charge in [-0.15, -0.1) is 0 Å². The van der Waals surface area contributed by atoms with Gasteiger partial charge in [0.15, 0.2) is 0 Å². The number of benzene rings is 1. The highest BCUT2D eigenvalue weighted by molar-refractivity contribution is 5.31. The second-order valence-corrected chi connectivity index (χ2v) is 5.14. The lowest BCUT2D eigenvalue weighted by Crippen LogP contribution is -2.39. The largest absolute Gasteiger partial charge is 0.488 e. The fourth-order valence-electron chi connectivity index (χ4n) is 1.69. The van der Waals surface area contributed by atoms with Gasteiger partial charge in [0, 0.05) is 19.0 Å². The van der Waals surface area contributed by atoms with Crippen molar-refractivity contribution in [3.63, 3.8) is 0 Å². The van der Waals surface area contributed by atoms with Crippen LogP contribution in [0.15, 0.2) is 24.3 Å². The number of rotatable bonds is 2. The van der Waals surface area contributed by atoms with Crippen molar-refractivity contribution in [3.8, 4) is 5.75 Å². The summed E-state index contributed by atoms with van der Waals surface area (Å²) in [5, 5.41) is 3.28. The number of hydrogen-bond acceptors (Lipinski definition) is 2. The maximum absolute atomic E-state index is 5.77. The van der Waals surface area contributed by atoms with E-state index >= 15 is 0 Å². The fourth-order valence-corrected chi connectivity index (χ4v) is 1.69. The van der Waals surface area contributed by atoms with Crippen LogP contribution in [0.4, 0.5) is 0 Å². The summed E-state index contributed by atoms with van der Waals surface area (Å²) < 4.78 is 5.77. The van der Waals surface area contributed by atoms with Gasteiger partial charge >= 0.3 is 0 Å². The lowest BCUT2D eigenvalue weighted by molar-refractivity contribution is 0.131. The number of hydrogen-bond donors (Lipinski definition) is 1. The molecule has 15 heavy (non-hydrogen) atoms. The molecule has 0 amide bonds. The molecule has 1 fully saturated rings. The van der Waals surface area contributed by atoms with Crippen molar-refractivity contribution >= 4 is 0 Å². The fraction of sp³-hybridized carbons (Fsp3) is 0.538. The molecular weight excluding hydrogens is 186 g/mol. The summed E-state index contributed by atoms with van der Waals surface area (Å²) >= 11 is 0. The first kappa shape index (κ1) is 10.5. The molecule has 1 saturated heterocycles. The van der Waals surface area contributed by atoms with Crippen molar-refractivity contribution in [1.29, 1.82) is 0 Å². The zero-order valence-electron chi connectivity index (χ0n) is 9.71. The van der Waals surface area contributed by atoms with Crippen LogP contribution in [0.5, 0.6) is 5.75 Å². The van der Waals surface area contributed by atoms with Gasteiger partial charge in [0.25, 0.3) is 0 Å². The van der Waals surface area contributed by atoms with Crippen molar-refractivity contribution in [2.45, 2.75) is 32.3 Å². The van der Waals surface area contributed by atoms with E-state index in [9.17, 15) is 0 Å². The van der Waals surface area contributed by atoms with Gasteiger partial charge in [0.1, 0.15) is 11.4 Å². The lowest BCUT2D eigenvalue weighted by atomic mass is 9.94. The molecule has 1 aliphatic rings. The SMILES string of the molecule is CC(C)(C)Oc1ccc(C2CNC2)cc1. The van der Waals surface area contributed by atoms with E-state index in [2.05, 4.69) is 50.4 Å². The molecule has 2 nitrogen and oxygen atoms in total. The lowest BCUT2D eigenvalue weighted by Gasteiger charge is -2.28. The molecule has 1 aliphatic heterocycles. The molecule has 0 aromatic heterocycles. The van der Waals surface area contributed by atoms with Gasteiger partial charge in [-0.05, 0) is 38.5 Å². The maximum atomic E-state index is 5.77. The van der Waals surface area contributed by atoms with Crippen LogP contribution in [0.2, 0.25) is 0 Å². The summed E-state index contributed by atoms with van der Waals surface area (Å²) in [6, 6.07) is 8.48. The molecule has 0 saturated carbocycles. The van der Waals surface area contributed by atoms with E-state index in [1.807, 2.05) is 0 Å². The summed E-state index contributed by atoms with van der Waals surface area (Å²) in [6.07, 6.45) is 0. The smallest absolute Gasteiger partial charge is 0.120 e. The van der Waals surface area contributed by atoms with E-state index in [-0.39, 0.29) is 5.60 Å². The van der Waals surface area contributed by atoms with E-state index in [0.29, 0.717) is 5.92 Å². The molecule has 2 heteroatoms. The third kappa shape index (κ3) is 2.72. The first-order valence-corrected chi connectivity index (χ1v) is 5.54. The Balaban J connectivity index is 2.03. The van der Waals surface area contributed by atoms with Crippen LogP contribution in [0.25, 0.3) is 0 Å². The third-order valence-electron chi connectivity index (χ3n) is 2.56. The Morgan fingerprint density at radius 1 is 1.13 bits per heavy atom. The quantitative estimate of drug-likeness (QED) is 0.801. The molecule has 0 spiro atoms. The Bertz CT molecular complexity index is 319. The topological polar surface area (TPSA) is 21.3 Å². The highest BCUT2D eigenvalue weighted by Gasteiger charge is 2.18. The van der Waals surface area contributed by atoms with E-state index in [1.165, 1.54) is 5.56 Å². The monoisotopic (exact) mass is 205 g/mol. The summed E-state index contributed by atoms with van der Waals surface area (Å²) in [4.78, 5) is 0. The van der Waals surface area contributed by atoms with E-state index in [4.69, 9.17) is 4.74 Å². The Kier molecular flexibility index (Phi) is 2.70. The van der Waals surface area contributed by atoms with Crippen LogP contribution >= 0.6 is 0 Å². The molecule has 1 N–H and O–H groups in total. The minimum absolute atomic E-state index is 0.112. The Morgan fingerprint density at radius 3 is 2.13 bits per heavy atom. The number of ether oxygens (including phenoxy) is 1. The highest BCUT2D eigenvalue weighted by atomic mass is 16.5. The van der Waals surface area contributed by atoms with Crippen molar-refractivity contribution in [2.24, 2.45) is 0 Å².